The zero-order chi connectivity index (χ0) is 12.7. The topological polar surface area (TPSA) is 55.4 Å². The third kappa shape index (κ3) is 5.19. The lowest BCUT2D eigenvalue weighted by molar-refractivity contribution is 0.200. The van der Waals surface area contributed by atoms with Crippen LogP contribution in [0.5, 0.6) is 5.75 Å². The van der Waals surface area contributed by atoms with Crippen LogP contribution in [0.2, 0.25) is 0 Å². The second-order valence-electron chi connectivity index (χ2n) is 3.71. The molecule has 0 aromatic heterocycles. The largest absolute Gasteiger partial charge is 0.489 e. The summed E-state index contributed by atoms with van der Waals surface area (Å²) in [5.74, 6) is 0.851. The Kier molecular flexibility index (Phi) is 5.44. The van der Waals surface area contributed by atoms with Crippen LogP contribution in [0, 0.1) is 0 Å². The van der Waals surface area contributed by atoms with Crippen molar-refractivity contribution in [3.8, 4) is 5.75 Å². The Labute approximate surface area is 103 Å². The summed E-state index contributed by atoms with van der Waals surface area (Å²) in [4.78, 5) is 0. The summed E-state index contributed by atoms with van der Waals surface area (Å²) in [6.07, 6.45) is 0.611. The summed E-state index contributed by atoms with van der Waals surface area (Å²) in [6, 6.07) is 9.40. The number of nitrogens with one attached hydrogen (secondary N) is 1. The van der Waals surface area contributed by atoms with Gasteiger partial charge in [-0.05, 0) is 25.5 Å². The second-order valence-corrected chi connectivity index (χ2v) is 5.81. The van der Waals surface area contributed by atoms with E-state index in [0.717, 1.165) is 12.2 Å². The molecule has 5 heteroatoms. The van der Waals surface area contributed by atoms with Gasteiger partial charge in [0.25, 0.3) is 0 Å². The van der Waals surface area contributed by atoms with Crippen molar-refractivity contribution >= 4 is 10.0 Å². The Hall–Kier alpha value is -1.07. The fraction of sp³-hybridized carbons (Fsp3) is 0.500. The molecule has 0 heterocycles. The van der Waals surface area contributed by atoms with Crippen molar-refractivity contribution in [2.75, 3.05) is 12.3 Å². The van der Waals surface area contributed by atoms with E-state index in [0.29, 0.717) is 6.54 Å². The maximum Gasteiger partial charge on any atom is 0.211 e. The molecular weight excluding hydrogens is 238 g/mol. The summed E-state index contributed by atoms with van der Waals surface area (Å²) in [7, 11) is -3.15. The minimum absolute atomic E-state index is 0.0920. The highest BCUT2D eigenvalue weighted by molar-refractivity contribution is 7.89. The molecule has 0 aliphatic heterocycles. The Morgan fingerprint density at radius 3 is 2.41 bits per heavy atom. The predicted molar refractivity (Wildman–Crippen MR) is 68.6 cm³/mol. The van der Waals surface area contributed by atoms with Crippen LogP contribution in [0.4, 0.5) is 0 Å². The van der Waals surface area contributed by atoms with Gasteiger partial charge in [-0.3, -0.25) is 0 Å². The molecule has 0 bridgehead atoms. The zero-order valence-corrected chi connectivity index (χ0v) is 11.0. The smallest absolute Gasteiger partial charge is 0.211 e. The molecule has 0 aliphatic carbocycles. The number of benzene rings is 1. The van der Waals surface area contributed by atoms with Gasteiger partial charge in [-0.1, -0.05) is 25.1 Å². The first kappa shape index (κ1) is 14.0. The van der Waals surface area contributed by atoms with E-state index >= 15 is 0 Å². The number of rotatable bonds is 7. The summed E-state index contributed by atoms with van der Waals surface area (Å²) in [5, 5.41) is 0. The number of hydrogen-bond donors (Lipinski definition) is 1. The average molecular weight is 257 g/mol. The predicted octanol–water partition coefficient (Wildman–Crippen LogP) is 1.78. The molecule has 1 aromatic rings. The standard InChI is InChI=1S/C12H19NO3S/c1-3-11(10-13-17(14,15)4-2)16-12-8-6-5-7-9-12/h5-9,11,13H,3-4,10H2,1-2H3/t11-/m1/s1. The van der Waals surface area contributed by atoms with Gasteiger partial charge >= 0.3 is 0 Å². The molecule has 0 saturated carbocycles. The fourth-order valence-electron chi connectivity index (χ4n) is 1.28. The first-order chi connectivity index (χ1) is 8.07. The Balaban J connectivity index is 2.50. The molecule has 0 fully saturated rings. The minimum Gasteiger partial charge on any atom is -0.489 e. The van der Waals surface area contributed by atoms with Crippen LogP contribution in [-0.4, -0.2) is 26.8 Å². The molecule has 1 aromatic carbocycles. The van der Waals surface area contributed by atoms with Crippen molar-refractivity contribution < 1.29 is 13.2 Å². The second kappa shape index (κ2) is 6.61. The van der Waals surface area contributed by atoms with E-state index in [9.17, 15) is 8.42 Å². The minimum atomic E-state index is -3.15. The molecule has 0 radical (unpaired) electrons. The van der Waals surface area contributed by atoms with Gasteiger partial charge in [0.2, 0.25) is 10.0 Å². The first-order valence-electron chi connectivity index (χ1n) is 5.76. The van der Waals surface area contributed by atoms with Crippen molar-refractivity contribution in [1.82, 2.24) is 4.72 Å². The number of hydrogen-bond acceptors (Lipinski definition) is 3. The van der Waals surface area contributed by atoms with E-state index in [1.807, 2.05) is 37.3 Å². The third-order valence-electron chi connectivity index (χ3n) is 2.41. The van der Waals surface area contributed by atoms with Crippen LogP contribution in [0.1, 0.15) is 20.3 Å². The van der Waals surface area contributed by atoms with Gasteiger partial charge in [-0.25, -0.2) is 13.1 Å². The molecule has 0 aliphatic rings. The van der Waals surface area contributed by atoms with Crippen LogP contribution >= 0.6 is 0 Å². The first-order valence-corrected chi connectivity index (χ1v) is 7.41. The van der Waals surface area contributed by atoms with Crippen LogP contribution in [-0.2, 0) is 10.0 Å². The van der Waals surface area contributed by atoms with Crippen LogP contribution in [0.25, 0.3) is 0 Å². The number of ether oxygens (including phenoxy) is 1. The highest BCUT2D eigenvalue weighted by Crippen LogP contribution is 2.12. The molecule has 4 nitrogen and oxygen atoms in total. The van der Waals surface area contributed by atoms with E-state index in [1.54, 1.807) is 6.92 Å². The molecule has 0 spiro atoms. The molecule has 0 amide bonds. The van der Waals surface area contributed by atoms with Gasteiger partial charge in [0.1, 0.15) is 11.9 Å². The molecule has 1 N–H and O–H groups in total. The van der Waals surface area contributed by atoms with E-state index in [4.69, 9.17) is 4.74 Å². The summed E-state index contributed by atoms with van der Waals surface area (Å²) in [5.41, 5.74) is 0. The Bertz CT molecular complexity index is 417. The van der Waals surface area contributed by atoms with Gasteiger partial charge in [0, 0.05) is 6.54 Å². The van der Waals surface area contributed by atoms with Crippen LogP contribution < -0.4 is 9.46 Å². The Morgan fingerprint density at radius 1 is 1.24 bits per heavy atom. The highest BCUT2D eigenvalue weighted by atomic mass is 32.2. The lowest BCUT2D eigenvalue weighted by Crippen LogP contribution is -2.35. The molecule has 17 heavy (non-hydrogen) atoms. The van der Waals surface area contributed by atoms with Gasteiger partial charge in [0.15, 0.2) is 0 Å². The molecule has 1 rings (SSSR count). The molecular formula is C12H19NO3S. The van der Waals surface area contributed by atoms with Gasteiger partial charge < -0.3 is 4.74 Å². The monoisotopic (exact) mass is 257 g/mol. The molecule has 96 valence electrons. The number of para-hydroxylation sites is 1. The summed E-state index contributed by atoms with van der Waals surface area (Å²) < 4.78 is 30.8. The summed E-state index contributed by atoms with van der Waals surface area (Å²) in [6.45, 7) is 3.89. The lowest BCUT2D eigenvalue weighted by Gasteiger charge is -2.17. The van der Waals surface area contributed by atoms with Crippen molar-refractivity contribution in [3.05, 3.63) is 30.3 Å². The van der Waals surface area contributed by atoms with Crippen molar-refractivity contribution in [2.24, 2.45) is 0 Å². The SMILES string of the molecule is CC[C@H](CNS(=O)(=O)CC)Oc1ccccc1. The lowest BCUT2D eigenvalue weighted by atomic mass is 10.2. The van der Waals surface area contributed by atoms with Gasteiger partial charge in [-0.2, -0.15) is 0 Å². The third-order valence-corrected chi connectivity index (χ3v) is 3.78. The number of sulfonamides is 1. The fourth-order valence-corrected chi connectivity index (χ4v) is 1.93. The Morgan fingerprint density at radius 2 is 1.88 bits per heavy atom. The highest BCUT2D eigenvalue weighted by Gasteiger charge is 2.12. The molecule has 0 saturated heterocycles. The van der Waals surface area contributed by atoms with Gasteiger partial charge in [0.05, 0.1) is 5.75 Å². The maximum absolute atomic E-state index is 11.3. The molecule has 0 unspecified atom stereocenters. The van der Waals surface area contributed by atoms with Crippen LogP contribution in [0.15, 0.2) is 30.3 Å². The summed E-state index contributed by atoms with van der Waals surface area (Å²) >= 11 is 0. The quantitative estimate of drug-likeness (QED) is 0.810. The van der Waals surface area contributed by atoms with Crippen molar-refractivity contribution in [2.45, 2.75) is 26.4 Å². The maximum atomic E-state index is 11.3. The zero-order valence-electron chi connectivity index (χ0n) is 10.2. The van der Waals surface area contributed by atoms with Gasteiger partial charge in [-0.15, -0.1) is 0 Å². The van der Waals surface area contributed by atoms with E-state index in [1.165, 1.54) is 0 Å². The van der Waals surface area contributed by atoms with E-state index in [2.05, 4.69) is 4.72 Å². The average Bonchev–Trinajstić information content (AvgIpc) is 2.35. The van der Waals surface area contributed by atoms with E-state index in [-0.39, 0.29) is 11.9 Å². The van der Waals surface area contributed by atoms with E-state index < -0.39 is 10.0 Å². The molecule has 1 atom stereocenters. The van der Waals surface area contributed by atoms with Crippen molar-refractivity contribution in [3.63, 3.8) is 0 Å². The van der Waals surface area contributed by atoms with Crippen LogP contribution in [0.3, 0.4) is 0 Å². The normalized spacial score (nSPS) is 13.3. The van der Waals surface area contributed by atoms with Crippen molar-refractivity contribution in [1.29, 1.82) is 0 Å².